The Balaban J connectivity index is 1.88. The Kier molecular flexibility index (Phi) is 4.65. The molecule has 0 amide bonds. The van der Waals surface area contributed by atoms with Crippen LogP contribution < -0.4 is 0 Å². The molecule has 1 aromatic heterocycles. The fourth-order valence-corrected chi connectivity index (χ4v) is 4.79. The van der Waals surface area contributed by atoms with Crippen molar-refractivity contribution in [3.05, 3.63) is 107 Å². The molecule has 0 bridgehead atoms. The van der Waals surface area contributed by atoms with Gasteiger partial charge in [-0.2, -0.15) is 0 Å². The minimum Gasteiger partial charge on any atom is -0.292 e. The molecule has 35 heavy (non-hydrogen) atoms. The van der Waals surface area contributed by atoms with Crippen LogP contribution in [0, 0.1) is 13.8 Å². The number of hydrogen-bond donors (Lipinski definition) is 0. The summed E-state index contributed by atoms with van der Waals surface area (Å²) in [6.07, 6.45) is 0. The van der Waals surface area contributed by atoms with Crippen LogP contribution in [0.15, 0.2) is 84.9 Å². The lowest BCUT2D eigenvalue weighted by Gasteiger charge is -2.23. The third-order valence-corrected chi connectivity index (χ3v) is 6.61. The van der Waals surface area contributed by atoms with Gasteiger partial charge in [0.15, 0.2) is 0 Å². The third-order valence-electron chi connectivity index (χ3n) is 6.61. The Morgan fingerprint density at radius 1 is 0.743 bits per heavy atom. The monoisotopic (exact) mass is 463 g/mol. The van der Waals surface area contributed by atoms with E-state index in [2.05, 4.69) is 4.57 Å². The molecule has 0 spiro atoms. The number of aryl methyl sites for hydroxylation is 2. The molecule has 0 aliphatic rings. The predicted octanol–water partition coefficient (Wildman–Crippen LogP) is 9.22. The van der Waals surface area contributed by atoms with E-state index in [9.17, 15) is 0 Å². The van der Waals surface area contributed by atoms with Gasteiger partial charge in [0.05, 0.1) is 16.7 Å². The van der Waals surface area contributed by atoms with Gasteiger partial charge >= 0.3 is 0 Å². The minimum absolute atomic E-state index is 0.304. The average Bonchev–Trinajstić information content (AvgIpc) is 3.26. The van der Waals surface area contributed by atoms with E-state index in [1.165, 1.54) is 0 Å². The third kappa shape index (κ3) is 4.08. The molecule has 2 nitrogen and oxygen atoms in total. The van der Waals surface area contributed by atoms with E-state index in [4.69, 9.17) is 11.8 Å². The first-order valence-corrected chi connectivity index (χ1v) is 12.0. The summed E-state index contributed by atoms with van der Waals surface area (Å²) in [6.45, 7) is 7.23. The summed E-state index contributed by atoms with van der Waals surface area (Å²) in [5.74, 6) is -1.18. The zero-order valence-corrected chi connectivity index (χ0v) is 21.0. The lowest BCUT2D eigenvalue weighted by atomic mass is 9.92. The molecule has 0 fully saturated rings. The fraction of sp³-hybridized carbons (Fsp3) is 0.242. The van der Waals surface area contributed by atoms with Crippen molar-refractivity contribution in [3.63, 3.8) is 0 Å². The average molecular weight is 464 g/mol. The minimum atomic E-state index is -2.25. The molecule has 0 saturated carbocycles. The Morgan fingerprint density at radius 3 is 2.14 bits per heavy atom. The number of para-hydroxylation sites is 3. The number of imidazole rings is 1. The van der Waals surface area contributed by atoms with Gasteiger partial charge in [0, 0.05) is 12.4 Å². The van der Waals surface area contributed by atoms with Crippen molar-refractivity contribution < 1.29 is 6.85 Å². The zero-order chi connectivity index (χ0) is 29.0. The summed E-state index contributed by atoms with van der Waals surface area (Å²) >= 11 is 0. The van der Waals surface area contributed by atoms with E-state index in [1.54, 1.807) is 12.1 Å². The van der Waals surface area contributed by atoms with Gasteiger partial charge in [0.2, 0.25) is 0 Å². The highest BCUT2D eigenvalue weighted by molar-refractivity contribution is 5.86. The van der Waals surface area contributed by atoms with E-state index < -0.39 is 18.6 Å². The van der Waals surface area contributed by atoms with Crippen molar-refractivity contribution in [3.8, 4) is 28.2 Å². The first-order valence-electron chi connectivity index (χ1n) is 14.5. The van der Waals surface area contributed by atoms with Crippen LogP contribution in [0.5, 0.6) is 0 Å². The van der Waals surface area contributed by atoms with E-state index in [-0.39, 0.29) is 0 Å². The van der Waals surface area contributed by atoms with Crippen LogP contribution in [0.1, 0.15) is 68.6 Å². The molecule has 5 aromatic rings. The van der Waals surface area contributed by atoms with Crippen LogP contribution in [-0.4, -0.2) is 9.55 Å². The number of benzene rings is 4. The van der Waals surface area contributed by atoms with E-state index in [0.717, 1.165) is 44.5 Å². The second kappa shape index (κ2) is 9.19. The molecule has 0 aliphatic carbocycles. The van der Waals surface area contributed by atoms with Gasteiger partial charge < -0.3 is 0 Å². The SMILES string of the molecule is [2H]C([2H])([2H])c1ccccc1-c1ccc(C)c(-c2nc3ccccc3n2-c2c(C([2H])(C)C)cccc2C([2H])(C)C)c1. The summed E-state index contributed by atoms with van der Waals surface area (Å²) in [5, 5.41) is 0. The highest BCUT2D eigenvalue weighted by atomic mass is 15.1. The molecular weight excluding hydrogens is 424 g/mol. The molecule has 0 aliphatic heterocycles. The van der Waals surface area contributed by atoms with Crippen molar-refractivity contribution >= 4 is 11.0 Å². The van der Waals surface area contributed by atoms with Gasteiger partial charge in [0.1, 0.15) is 5.82 Å². The molecule has 1 heterocycles. The molecule has 4 aromatic carbocycles. The Labute approximate surface area is 216 Å². The Morgan fingerprint density at radius 2 is 1.43 bits per heavy atom. The number of hydrogen-bond acceptors (Lipinski definition) is 1. The predicted molar refractivity (Wildman–Crippen MR) is 150 cm³/mol. The molecule has 0 saturated heterocycles. The maximum atomic E-state index is 9.02. The van der Waals surface area contributed by atoms with Gasteiger partial charge in [-0.1, -0.05) is 94.4 Å². The number of fused-ring (bicyclic) bond motifs is 1. The maximum absolute atomic E-state index is 9.02. The lowest BCUT2D eigenvalue weighted by molar-refractivity contribution is 0.811. The van der Waals surface area contributed by atoms with Crippen LogP contribution in [-0.2, 0) is 0 Å². The van der Waals surface area contributed by atoms with Gasteiger partial charge in [-0.05, 0) is 77.1 Å². The Hall–Kier alpha value is -3.65. The molecule has 176 valence electrons. The first kappa shape index (κ1) is 17.7. The standard InChI is InChI=1S/C33H34N2/c1-21(2)26-14-11-15-27(22(3)4)32(26)35-31-17-10-9-16-30(31)34-33(35)29-20-25(19-18-24(29)6)28-13-8-7-12-23(28)5/h7-22H,1-6H3/i5D3,21D,22D. The first-order chi connectivity index (χ1) is 18.7. The fourth-order valence-electron chi connectivity index (χ4n) is 4.79. The number of aromatic nitrogens is 2. The summed E-state index contributed by atoms with van der Waals surface area (Å²) in [5.41, 5.74) is 7.68. The van der Waals surface area contributed by atoms with E-state index in [0.29, 0.717) is 17.0 Å². The maximum Gasteiger partial charge on any atom is 0.146 e. The van der Waals surface area contributed by atoms with Gasteiger partial charge in [0.25, 0.3) is 0 Å². The topological polar surface area (TPSA) is 17.8 Å². The Bertz CT molecular complexity index is 1680. The summed E-state index contributed by atoms with van der Waals surface area (Å²) < 4.78 is 44.4. The van der Waals surface area contributed by atoms with Gasteiger partial charge in [-0.15, -0.1) is 0 Å². The molecule has 0 N–H and O–H groups in total. The van der Waals surface area contributed by atoms with Crippen LogP contribution in [0.25, 0.3) is 39.2 Å². The van der Waals surface area contributed by atoms with Crippen LogP contribution >= 0.6 is 0 Å². The number of nitrogens with zero attached hydrogens (tertiary/aromatic N) is 2. The summed E-state index contributed by atoms with van der Waals surface area (Å²) in [7, 11) is 0. The second-order valence-corrected chi connectivity index (χ2v) is 9.54. The zero-order valence-electron chi connectivity index (χ0n) is 26.0. The normalized spacial score (nSPS) is 14.7. The van der Waals surface area contributed by atoms with Crippen molar-refractivity contribution in [2.75, 3.05) is 0 Å². The summed E-state index contributed by atoms with van der Waals surface area (Å²) in [6, 6.07) is 26.8. The van der Waals surface area contributed by atoms with Crippen LogP contribution in [0.4, 0.5) is 0 Å². The van der Waals surface area contributed by atoms with E-state index in [1.807, 2.05) is 107 Å². The second-order valence-electron chi connectivity index (χ2n) is 9.54. The highest BCUT2D eigenvalue weighted by Gasteiger charge is 2.22. The molecule has 0 atom stereocenters. The molecule has 0 radical (unpaired) electrons. The van der Waals surface area contributed by atoms with Gasteiger partial charge in [-0.25, -0.2) is 4.98 Å². The summed E-state index contributed by atoms with van der Waals surface area (Å²) in [4.78, 5) is 5.10. The van der Waals surface area contributed by atoms with Gasteiger partial charge in [-0.3, -0.25) is 4.57 Å². The molecular formula is C33H34N2. The highest BCUT2D eigenvalue weighted by Crippen LogP contribution is 2.39. The molecule has 5 rings (SSSR count). The largest absolute Gasteiger partial charge is 0.292 e. The van der Waals surface area contributed by atoms with Crippen molar-refractivity contribution in [1.82, 2.24) is 9.55 Å². The quantitative estimate of drug-likeness (QED) is 0.254. The lowest BCUT2D eigenvalue weighted by Crippen LogP contribution is -2.09. The van der Waals surface area contributed by atoms with Crippen LogP contribution in [0.3, 0.4) is 0 Å². The van der Waals surface area contributed by atoms with E-state index >= 15 is 0 Å². The molecule has 2 heteroatoms. The van der Waals surface area contributed by atoms with Crippen molar-refractivity contribution in [2.24, 2.45) is 0 Å². The van der Waals surface area contributed by atoms with Crippen molar-refractivity contribution in [1.29, 1.82) is 0 Å². The van der Waals surface area contributed by atoms with Crippen LogP contribution in [0.2, 0.25) is 0 Å². The molecule has 0 unspecified atom stereocenters. The number of rotatable bonds is 5. The van der Waals surface area contributed by atoms with Crippen molar-refractivity contribution in [2.45, 2.75) is 53.3 Å². The smallest absolute Gasteiger partial charge is 0.146 e.